The highest BCUT2D eigenvalue weighted by Gasteiger charge is 2.00. The van der Waals surface area contributed by atoms with E-state index >= 15 is 0 Å². The Hall–Kier alpha value is -0.300. The minimum absolute atomic E-state index is 0.441. The quantitative estimate of drug-likeness (QED) is 0.599. The lowest BCUT2D eigenvalue weighted by molar-refractivity contribution is 1.23. The third-order valence-corrected chi connectivity index (χ3v) is 4.15. The molecule has 0 radical (unpaired) electrons. The van der Waals surface area contributed by atoms with Gasteiger partial charge in [-0.15, -0.1) is 0 Å². The zero-order chi connectivity index (χ0) is 9.97. The SMILES string of the molecule is Clc1nssc1=Nc1cccnc1Br. The predicted octanol–water partition coefficient (Wildman–Crippen LogP) is 3.25. The van der Waals surface area contributed by atoms with E-state index in [9.17, 15) is 0 Å². The number of hydrogen-bond acceptors (Lipinski definition) is 5. The summed E-state index contributed by atoms with van der Waals surface area (Å²) in [6, 6.07) is 3.68. The molecule has 0 atom stereocenters. The van der Waals surface area contributed by atoms with Crippen LogP contribution in [0.3, 0.4) is 0 Å². The van der Waals surface area contributed by atoms with Crippen LogP contribution in [0, 0.1) is 0 Å². The molecule has 7 heteroatoms. The maximum atomic E-state index is 5.82. The van der Waals surface area contributed by atoms with Crippen molar-refractivity contribution in [2.24, 2.45) is 4.99 Å². The number of hydrogen-bond donors (Lipinski definition) is 0. The molecule has 0 aliphatic carbocycles. The summed E-state index contributed by atoms with van der Waals surface area (Å²) in [6.45, 7) is 0. The van der Waals surface area contributed by atoms with Gasteiger partial charge in [0.25, 0.3) is 0 Å². The van der Waals surface area contributed by atoms with Gasteiger partial charge in [-0.3, -0.25) is 0 Å². The van der Waals surface area contributed by atoms with Gasteiger partial charge in [-0.25, -0.2) is 9.98 Å². The fraction of sp³-hybridized carbons (Fsp3) is 0. The smallest absolute Gasteiger partial charge is 0.179 e. The number of halogens is 2. The van der Waals surface area contributed by atoms with E-state index < -0.39 is 0 Å². The second kappa shape index (κ2) is 4.48. The molecule has 0 spiro atoms. The minimum Gasteiger partial charge on any atom is -0.247 e. The third-order valence-electron chi connectivity index (χ3n) is 1.37. The van der Waals surface area contributed by atoms with Crippen molar-refractivity contribution in [1.29, 1.82) is 0 Å². The fourth-order valence-electron chi connectivity index (χ4n) is 0.795. The molecule has 0 bridgehead atoms. The van der Waals surface area contributed by atoms with Gasteiger partial charge in [0, 0.05) is 16.7 Å². The molecule has 0 aliphatic heterocycles. The van der Waals surface area contributed by atoms with Crippen LogP contribution in [0.1, 0.15) is 0 Å². The van der Waals surface area contributed by atoms with Crippen LogP contribution in [0.15, 0.2) is 27.9 Å². The van der Waals surface area contributed by atoms with Crippen molar-refractivity contribution in [2.75, 3.05) is 0 Å². The van der Waals surface area contributed by atoms with Gasteiger partial charge >= 0.3 is 0 Å². The Kier molecular flexibility index (Phi) is 3.27. The fourth-order valence-corrected chi connectivity index (χ4v) is 3.12. The molecule has 0 fully saturated rings. The Labute approximate surface area is 101 Å². The van der Waals surface area contributed by atoms with Crippen LogP contribution in [0.25, 0.3) is 0 Å². The molecule has 72 valence electrons. The van der Waals surface area contributed by atoms with E-state index in [1.54, 1.807) is 6.20 Å². The second-order valence-electron chi connectivity index (χ2n) is 2.27. The van der Waals surface area contributed by atoms with Crippen molar-refractivity contribution in [2.45, 2.75) is 0 Å². The number of aromatic nitrogens is 2. The number of nitrogens with zero attached hydrogens (tertiary/aromatic N) is 3. The highest BCUT2D eigenvalue weighted by atomic mass is 79.9. The van der Waals surface area contributed by atoms with Gasteiger partial charge in [-0.05, 0) is 38.4 Å². The average Bonchev–Trinajstić information content (AvgIpc) is 2.56. The Morgan fingerprint density at radius 2 is 2.36 bits per heavy atom. The van der Waals surface area contributed by atoms with Crippen LogP contribution in [0.2, 0.25) is 5.15 Å². The molecule has 3 nitrogen and oxygen atoms in total. The highest BCUT2D eigenvalue weighted by Crippen LogP contribution is 2.21. The molecule has 0 aromatic carbocycles. The number of rotatable bonds is 1. The van der Waals surface area contributed by atoms with Crippen LogP contribution in [0.4, 0.5) is 5.69 Å². The first-order valence-corrected chi connectivity index (χ1v) is 6.82. The Morgan fingerprint density at radius 3 is 3.00 bits per heavy atom. The van der Waals surface area contributed by atoms with Crippen molar-refractivity contribution in [3.05, 3.63) is 32.8 Å². The van der Waals surface area contributed by atoms with Crippen molar-refractivity contribution < 1.29 is 0 Å². The topological polar surface area (TPSA) is 38.1 Å². The van der Waals surface area contributed by atoms with Crippen LogP contribution in [-0.4, -0.2) is 9.36 Å². The molecule has 0 unspecified atom stereocenters. The first-order valence-electron chi connectivity index (χ1n) is 3.54. The van der Waals surface area contributed by atoms with E-state index in [4.69, 9.17) is 11.6 Å². The lowest BCUT2D eigenvalue weighted by atomic mass is 10.4. The van der Waals surface area contributed by atoms with Crippen molar-refractivity contribution in [3.63, 3.8) is 0 Å². The zero-order valence-corrected chi connectivity index (χ0v) is 10.6. The molecule has 0 saturated heterocycles. The number of pyridine rings is 1. The summed E-state index contributed by atoms with van der Waals surface area (Å²) in [5.41, 5.74) is 0.755. The van der Waals surface area contributed by atoms with E-state index in [0.29, 0.717) is 14.4 Å². The van der Waals surface area contributed by atoms with Gasteiger partial charge in [-0.1, -0.05) is 11.6 Å². The molecule has 2 rings (SSSR count). The first-order chi connectivity index (χ1) is 6.77. The molecule has 0 saturated carbocycles. The summed E-state index contributed by atoms with van der Waals surface area (Å²) in [6.07, 6.45) is 1.69. The molecular weight excluding hydrogens is 306 g/mol. The highest BCUT2D eigenvalue weighted by molar-refractivity contribution is 9.10. The standard InChI is InChI=1S/C7H3BrClN3S2/c8-5-4(2-1-3-10-5)11-7-6(9)12-14-13-7/h1-3H. The molecule has 2 aromatic rings. The normalized spacial score (nSPS) is 12.0. The Morgan fingerprint density at radius 1 is 1.50 bits per heavy atom. The summed E-state index contributed by atoms with van der Waals surface area (Å²) in [7, 11) is 2.76. The lowest BCUT2D eigenvalue weighted by Gasteiger charge is -1.93. The van der Waals surface area contributed by atoms with Gasteiger partial charge in [0.2, 0.25) is 0 Å². The monoisotopic (exact) mass is 307 g/mol. The molecule has 0 amide bonds. The zero-order valence-electron chi connectivity index (χ0n) is 6.65. The summed E-state index contributed by atoms with van der Waals surface area (Å²) >= 11 is 9.13. The second-order valence-corrected chi connectivity index (χ2v) is 5.21. The van der Waals surface area contributed by atoms with E-state index in [2.05, 4.69) is 30.3 Å². The van der Waals surface area contributed by atoms with Gasteiger partial charge in [0.05, 0.1) is 5.69 Å². The van der Waals surface area contributed by atoms with Gasteiger partial charge in [-0.2, -0.15) is 4.37 Å². The Balaban J connectivity index is 2.54. The summed E-state index contributed by atoms with van der Waals surface area (Å²) in [5.74, 6) is 0. The van der Waals surface area contributed by atoms with Crippen LogP contribution in [-0.2, 0) is 0 Å². The summed E-state index contributed by atoms with van der Waals surface area (Å²) < 4.78 is 5.36. The molecule has 0 N–H and O–H groups in total. The van der Waals surface area contributed by atoms with E-state index in [-0.39, 0.29) is 0 Å². The molecular formula is C7H3BrClN3S2. The van der Waals surface area contributed by atoms with Crippen LogP contribution in [0.5, 0.6) is 0 Å². The lowest BCUT2D eigenvalue weighted by Crippen LogP contribution is -1.93. The first kappa shape index (κ1) is 10.2. The van der Waals surface area contributed by atoms with Crippen molar-refractivity contribution in [1.82, 2.24) is 9.36 Å². The minimum atomic E-state index is 0.441. The van der Waals surface area contributed by atoms with E-state index in [0.717, 1.165) is 5.69 Å². The third kappa shape index (κ3) is 2.20. The summed E-state index contributed by atoms with van der Waals surface area (Å²) in [5, 5.41) is 0.441. The average molecular weight is 309 g/mol. The largest absolute Gasteiger partial charge is 0.247 e. The Bertz CT molecular complexity index is 507. The predicted molar refractivity (Wildman–Crippen MR) is 62.2 cm³/mol. The summed E-state index contributed by atoms with van der Waals surface area (Å²) in [4.78, 5) is 8.38. The molecule has 2 heterocycles. The van der Waals surface area contributed by atoms with Gasteiger partial charge in [0.1, 0.15) is 4.60 Å². The van der Waals surface area contributed by atoms with Crippen molar-refractivity contribution in [3.8, 4) is 0 Å². The molecule has 0 aliphatic rings. The van der Waals surface area contributed by atoms with E-state index in [1.807, 2.05) is 12.1 Å². The van der Waals surface area contributed by atoms with Crippen LogP contribution < -0.4 is 4.67 Å². The molecule has 14 heavy (non-hydrogen) atoms. The van der Waals surface area contributed by atoms with Gasteiger partial charge in [0.15, 0.2) is 9.82 Å². The maximum absolute atomic E-state index is 5.82. The molecule has 2 aromatic heterocycles. The van der Waals surface area contributed by atoms with E-state index in [1.165, 1.54) is 20.9 Å². The van der Waals surface area contributed by atoms with Crippen LogP contribution >= 0.6 is 48.4 Å². The maximum Gasteiger partial charge on any atom is 0.179 e. The van der Waals surface area contributed by atoms with Crippen molar-refractivity contribution >= 4 is 54.1 Å². The van der Waals surface area contributed by atoms with Gasteiger partial charge < -0.3 is 0 Å².